The van der Waals surface area contributed by atoms with E-state index in [2.05, 4.69) is 34.5 Å². The number of carbonyl (C=O) groups excluding carboxylic acids is 1. The standard InChI is InChI=1S/C19H18N4O2/c1-13-2-4-14(5-3-13)8-19-20-22-23(21-19)10-18(24)15-6-7-16-11-25-12-17(16)9-15/h2-7,9H,8,10-12H2,1H3. The van der Waals surface area contributed by atoms with Crippen molar-refractivity contribution in [2.75, 3.05) is 0 Å². The molecule has 0 bridgehead atoms. The fourth-order valence-corrected chi connectivity index (χ4v) is 2.87. The maximum atomic E-state index is 12.4. The molecule has 0 radical (unpaired) electrons. The summed E-state index contributed by atoms with van der Waals surface area (Å²) in [6, 6.07) is 13.9. The quantitative estimate of drug-likeness (QED) is 0.671. The van der Waals surface area contributed by atoms with Gasteiger partial charge in [0.2, 0.25) is 0 Å². The first-order valence-electron chi connectivity index (χ1n) is 8.22. The van der Waals surface area contributed by atoms with Gasteiger partial charge in [0.15, 0.2) is 11.6 Å². The Morgan fingerprint density at radius 3 is 2.76 bits per heavy atom. The number of hydrogen-bond acceptors (Lipinski definition) is 5. The lowest BCUT2D eigenvalue weighted by molar-refractivity contribution is 0.0961. The Labute approximate surface area is 145 Å². The van der Waals surface area contributed by atoms with Gasteiger partial charge in [0, 0.05) is 12.0 Å². The van der Waals surface area contributed by atoms with E-state index in [0.717, 1.165) is 16.7 Å². The molecule has 25 heavy (non-hydrogen) atoms. The van der Waals surface area contributed by atoms with Crippen LogP contribution in [0.1, 0.15) is 38.4 Å². The molecule has 0 spiro atoms. The number of fused-ring (bicyclic) bond motifs is 1. The van der Waals surface area contributed by atoms with Crippen molar-refractivity contribution in [2.24, 2.45) is 0 Å². The van der Waals surface area contributed by atoms with Gasteiger partial charge in [-0.1, -0.05) is 42.0 Å². The average Bonchev–Trinajstić information content (AvgIpc) is 3.25. The highest BCUT2D eigenvalue weighted by molar-refractivity contribution is 5.96. The molecule has 0 saturated carbocycles. The number of hydrogen-bond donors (Lipinski definition) is 0. The predicted molar refractivity (Wildman–Crippen MR) is 91.1 cm³/mol. The van der Waals surface area contributed by atoms with Gasteiger partial charge in [-0.3, -0.25) is 4.79 Å². The van der Waals surface area contributed by atoms with E-state index in [1.54, 1.807) is 0 Å². The first-order valence-corrected chi connectivity index (χ1v) is 8.22. The summed E-state index contributed by atoms with van der Waals surface area (Å²) in [5.41, 5.74) is 5.22. The van der Waals surface area contributed by atoms with E-state index in [-0.39, 0.29) is 12.3 Å². The van der Waals surface area contributed by atoms with Crippen LogP contribution in [0.15, 0.2) is 42.5 Å². The lowest BCUT2D eigenvalue weighted by atomic mass is 10.0. The van der Waals surface area contributed by atoms with Gasteiger partial charge in [0.05, 0.1) is 13.2 Å². The maximum Gasteiger partial charge on any atom is 0.186 e. The van der Waals surface area contributed by atoms with Crippen molar-refractivity contribution in [3.63, 3.8) is 0 Å². The second-order valence-electron chi connectivity index (χ2n) is 6.30. The van der Waals surface area contributed by atoms with E-state index >= 15 is 0 Å². The molecule has 0 aliphatic carbocycles. The normalized spacial score (nSPS) is 13.0. The van der Waals surface area contributed by atoms with E-state index in [1.807, 2.05) is 30.3 Å². The number of rotatable bonds is 5. The fraction of sp³-hybridized carbons (Fsp3) is 0.263. The second-order valence-corrected chi connectivity index (χ2v) is 6.30. The zero-order valence-electron chi connectivity index (χ0n) is 14.0. The van der Waals surface area contributed by atoms with Crippen LogP contribution in [0.4, 0.5) is 0 Å². The van der Waals surface area contributed by atoms with Crippen LogP contribution in [0.5, 0.6) is 0 Å². The summed E-state index contributed by atoms with van der Waals surface area (Å²) in [6.45, 7) is 3.32. The third-order valence-corrected chi connectivity index (χ3v) is 4.31. The van der Waals surface area contributed by atoms with Gasteiger partial charge in [-0.05, 0) is 34.9 Å². The van der Waals surface area contributed by atoms with Crippen molar-refractivity contribution in [3.05, 3.63) is 76.1 Å². The zero-order chi connectivity index (χ0) is 17.2. The predicted octanol–water partition coefficient (Wildman–Crippen LogP) is 2.49. The largest absolute Gasteiger partial charge is 0.372 e. The molecule has 0 unspecified atom stereocenters. The van der Waals surface area contributed by atoms with Crippen molar-refractivity contribution in [2.45, 2.75) is 33.1 Å². The Kier molecular flexibility index (Phi) is 4.11. The van der Waals surface area contributed by atoms with E-state index < -0.39 is 0 Å². The molecule has 126 valence electrons. The smallest absolute Gasteiger partial charge is 0.186 e. The molecule has 0 atom stereocenters. The zero-order valence-corrected chi connectivity index (χ0v) is 14.0. The number of Topliss-reactive ketones (excluding diaryl/α,β-unsaturated/α-hetero) is 1. The molecule has 2 aromatic carbocycles. The first-order chi connectivity index (χ1) is 12.2. The number of ketones is 1. The Hall–Kier alpha value is -2.86. The van der Waals surface area contributed by atoms with E-state index in [9.17, 15) is 4.79 Å². The second kappa shape index (κ2) is 6.57. The highest BCUT2D eigenvalue weighted by Crippen LogP contribution is 2.21. The van der Waals surface area contributed by atoms with Crippen LogP contribution < -0.4 is 0 Å². The van der Waals surface area contributed by atoms with Crippen LogP contribution >= 0.6 is 0 Å². The highest BCUT2D eigenvalue weighted by Gasteiger charge is 2.15. The fourth-order valence-electron chi connectivity index (χ4n) is 2.87. The SMILES string of the molecule is Cc1ccc(Cc2nnn(CC(=O)c3ccc4c(c3)COC4)n2)cc1. The Morgan fingerprint density at radius 2 is 1.92 bits per heavy atom. The molecule has 0 fully saturated rings. The number of benzene rings is 2. The summed E-state index contributed by atoms with van der Waals surface area (Å²) in [5, 5.41) is 12.4. The summed E-state index contributed by atoms with van der Waals surface area (Å²) in [4.78, 5) is 13.8. The molecule has 1 aliphatic heterocycles. The van der Waals surface area contributed by atoms with Crippen LogP contribution in [-0.4, -0.2) is 26.0 Å². The number of ether oxygens (including phenoxy) is 1. The van der Waals surface area contributed by atoms with Gasteiger partial charge in [-0.2, -0.15) is 4.80 Å². The highest BCUT2D eigenvalue weighted by atomic mass is 16.5. The molecule has 2 heterocycles. The lowest BCUT2D eigenvalue weighted by Crippen LogP contribution is -2.13. The number of aromatic nitrogens is 4. The monoisotopic (exact) mass is 334 g/mol. The van der Waals surface area contributed by atoms with E-state index in [1.165, 1.54) is 10.4 Å². The summed E-state index contributed by atoms with van der Waals surface area (Å²) in [7, 11) is 0. The average molecular weight is 334 g/mol. The summed E-state index contributed by atoms with van der Waals surface area (Å²) >= 11 is 0. The minimum absolute atomic E-state index is 0.0333. The molecule has 1 aliphatic rings. The molecule has 6 heteroatoms. The maximum absolute atomic E-state index is 12.4. The molecule has 0 N–H and O–H groups in total. The van der Waals surface area contributed by atoms with Crippen molar-refractivity contribution in [1.29, 1.82) is 0 Å². The van der Waals surface area contributed by atoms with Gasteiger partial charge in [0.1, 0.15) is 6.54 Å². The van der Waals surface area contributed by atoms with Crippen molar-refractivity contribution < 1.29 is 9.53 Å². The minimum atomic E-state index is -0.0333. The minimum Gasteiger partial charge on any atom is -0.372 e. The molecule has 1 aromatic heterocycles. The van der Waals surface area contributed by atoms with Gasteiger partial charge >= 0.3 is 0 Å². The number of tetrazole rings is 1. The first kappa shape index (κ1) is 15.7. The van der Waals surface area contributed by atoms with Gasteiger partial charge in [-0.15, -0.1) is 10.2 Å². The van der Waals surface area contributed by atoms with Gasteiger partial charge in [0.25, 0.3) is 0 Å². The summed E-state index contributed by atoms with van der Waals surface area (Å²) in [5.74, 6) is 0.577. The number of nitrogens with zero attached hydrogens (tertiary/aromatic N) is 4. The van der Waals surface area contributed by atoms with Gasteiger partial charge in [-0.25, -0.2) is 0 Å². The van der Waals surface area contributed by atoms with Crippen LogP contribution in [0.2, 0.25) is 0 Å². The Balaban J connectivity index is 1.43. The molecule has 6 nitrogen and oxygen atoms in total. The van der Waals surface area contributed by atoms with E-state index in [0.29, 0.717) is 31.0 Å². The molecular formula is C19H18N4O2. The van der Waals surface area contributed by atoms with E-state index in [4.69, 9.17) is 4.74 Å². The summed E-state index contributed by atoms with van der Waals surface area (Å²) in [6.07, 6.45) is 0.602. The van der Waals surface area contributed by atoms with Crippen LogP contribution in [0, 0.1) is 6.92 Å². The third-order valence-electron chi connectivity index (χ3n) is 4.31. The summed E-state index contributed by atoms with van der Waals surface area (Å²) < 4.78 is 5.38. The van der Waals surface area contributed by atoms with Crippen molar-refractivity contribution >= 4 is 5.78 Å². The molecule has 0 amide bonds. The Bertz CT molecular complexity index is 915. The van der Waals surface area contributed by atoms with Gasteiger partial charge < -0.3 is 4.74 Å². The van der Waals surface area contributed by atoms with Crippen LogP contribution in [-0.2, 0) is 30.9 Å². The number of aryl methyl sites for hydroxylation is 1. The molecular weight excluding hydrogens is 316 g/mol. The van der Waals surface area contributed by atoms with Crippen molar-refractivity contribution in [1.82, 2.24) is 20.2 Å². The molecule has 4 rings (SSSR count). The van der Waals surface area contributed by atoms with Crippen LogP contribution in [0.3, 0.4) is 0 Å². The third kappa shape index (κ3) is 3.49. The molecule has 3 aromatic rings. The topological polar surface area (TPSA) is 69.9 Å². The van der Waals surface area contributed by atoms with Crippen LogP contribution in [0.25, 0.3) is 0 Å². The number of carbonyl (C=O) groups is 1. The lowest BCUT2D eigenvalue weighted by Gasteiger charge is -2.02. The molecule has 0 saturated heterocycles. The van der Waals surface area contributed by atoms with Crippen molar-refractivity contribution in [3.8, 4) is 0 Å². The Morgan fingerprint density at radius 1 is 1.12 bits per heavy atom.